The van der Waals surface area contributed by atoms with E-state index in [1.807, 2.05) is 18.2 Å². The SMILES string of the molecule is Cc1nc(S(=O)(=O)Nc2ccon2)c(F)cc1NCc1ccccc1CN(C)C(C)C. The lowest BCUT2D eigenvalue weighted by molar-refractivity contribution is 0.265. The summed E-state index contributed by atoms with van der Waals surface area (Å²) < 4.78 is 46.3. The molecule has 0 unspecified atom stereocenters. The molecule has 0 bridgehead atoms. The Balaban J connectivity index is 1.78. The van der Waals surface area contributed by atoms with Gasteiger partial charge in [0.25, 0.3) is 10.0 Å². The molecular weight excluding hydrogens is 421 g/mol. The van der Waals surface area contributed by atoms with E-state index in [0.29, 0.717) is 24.0 Å². The maximum absolute atomic E-state index is 14.6. The van der Waals surface area contributed by atoms with Crippen molar-refractivity contribution in [3.05, 3.63) is 65.3 Å². The van der Waals surface area contributed by atoms with Crippen LogP contribution in [-0.2, 0) is 23.1 Å². The van der Waals surface area contributed by atoms with Gasteiger partial charge in [-0.15, -0.1) is 0 Å². The summed E-state index contributed by atoms with van der Waals surface area (Å²) in [6, 6.07) is 10.9. The van der Waals surface area contributed by atoms with Gasteiger partial charge in [-0.3, -0.25) is 9.62 Å². The van der Waals surface area contributed by atoms with Crippen LogP contribution in [0.1, 0.15) is 30.7 Å². The summed E-state index contributed by atoms with van der Waals surface area (Å²) in [7, 11) is -2.18. The molecule has 0 fully saturated rings. The minimum atomic E-state index is -4.24. The predicted octanol–water partition coefficient (Wildman–Crippen LogP) is 3.77. The molecule has 0 aliphatic heterocycles. The molecule has 0 radical (unpaired) electrons. The molecule has 2 heterocycles. The first kappa shape index (κ1) is 22.7. The van der Waals surface area contributed by atoms with Crippen molar-refractivity contribution in [2.24, 2.45) is 0 Å². The van der Waals surface area contributed by atoms with Crippen molar-refractivity contribution in [3.8, 4) is 0 Å². The number of benzene rings is 1. The second kappa shape index (κ2) is 9.44. The number of hydrogen-bond acceptors (Lipinski definition) is 7. The Labute approximate surface area is 181 Å². The van der Waals surface area contributed by atoms with Crippen LogP contribution in [0.15, 0.2) is 52.2 Å². The number of aryl methyl sites for hydroxylation is 1. The van der Waals surface area contributed by atoms with Crippen molar-refractivity contribution < 1.29 is 17.3 Å². The van der Waals surface area contributed by atoms with Gasteiger partial charge in [0.2, 0.25) is 5.03 Å². The molecule has 0 spiro atoms. The number of nitrogens with one attached hydrogen (secondary N) is 2. The van der Waals surface area contributed by atoms with Crippen molar-refractivity contribution in [1.82, 2.24) is 15.0 Å². The van der Waals surface area contributed by atoms with Crippen molar-refractivity contribution in [2.45, 2.75) is 44.9 Å². The number of sulfonamides is 1. The van der Waals surface area contributed by atoms with E-state index in [-0.39, 0.29) is 5.82 Å². The average Bonchev–Trinajstić information content (AvgIpc) is 3.21. The van der Waals surface area contributed by atoms with Crippen LogP contribution in [0.4, 0.5) is 15.9 Å². The average molecular weight is 448 g/mol. The highest BCUT2D eigenvalue weighted by Crippen LogP contribution is 2.23. The third kappa shape index (κ3) is 5.59. The Kier molecular flexibility index (Phi) is 6.91. The number of anilines is 2. The zero-order valence-corrected chi connectivity index (χ0v) is 18.7. The van der Waals surface area contributed by atoms with E-state index in [1.165, 1.54) is 12.3 Å². The fourth-order valence-corrected chi connectivity index (χ4v) is 3.95. The van der Waals surface area contributed by atoms with E-state index < -0.39 is 20.9 Å². The highest BCUT2D eigenvalue weighted by Gasteiger charge is 2.24. The molecule has 166 valence electrons. The lowest BCUT2D eigenvalue weighted by Crippen LogP contribution is -2.26. The number of aromatic nitrogens is 2. The third-order valence-electron chi connectivity index (χ3n) is 4.95. The van der Waals surface area contributed by atoms with Gasteiger partial charge in [0.15, 0.2) is 11.6 Å². The molecule has 0 saturated carbocycles. The standard InChI is InChI=1S/C21H26FN5O3S/c1-14(2)27(4)13-17-8-6-5-7-16(17)12-23-19-11-18(22)21(24-15(19)3)31(28,29)26-20-9-10-30-25-20/h5-11,14,23H,12-13H2,1-4H3,(H,25,26). The summed E-state index contributed by atoms with van der Waals surface area (Å²) in [4.78, 5) is 6.21. The summed E-state index contributed by atoms with van der Waals surface area (Å²) in [5, 5.41) is 5.94. The van der Waals surface area contributed by atoms with Gasteiger partial charge in [0.05, 0.1) is 11.4 Å². The molecule has 0 saturated heterocycles. The van der Waals surface area contributed by atoms with Crippen LogP contribution < -0.4 is 10.0 Å². The number of rotatable bonds is 9. The van der Waals surface area contributed by atoms with Crippen LogP contribution >= 0.6 is 0 Å². The van der Waals surface area contributed by atoms with Gasteiger partial charge in [-0.05, 0) is 38.9 Å². The molecule has 8 nitrogen and oxygen atoms in total. The zero-order chi connectivity index (χ0) is 22.6. The molecule has 3 aromatic rings. The molecule has 10 heteroatoms. The third-order valence-corrected chi connectivity index (χ3v) is 6.23. The highest BCUT2D eigenvalue weighted by atomic mass is 32.2. The lowest BCUT2D eigenvalue weighted by Gasteiger charge is -2.23. The monoisotopic (exact) mass is 447 g/mol. The molecule has 0 aliphatic carbocycles. The fraction of sp³-hybridized carbons (Fsp3) is 0.333. The maximum atomic E-state index is 14.6. The maximum Gasteiger partial charge on any atom is 0.283 e. The summed E-state index contributed by atoms with van der Waals surface area (Å²) in [6.45, 7) is 7.12. The normalized spacial score (nSPS) is 11.8. The van der Waals surface area contributed by atoms with Gasteiger partial charge in [0.1, 0.15) is 6.26 Å². The molecule has 2 N–H and O–H groups in total. The van der Waals surface area contributed by atoms with Crippen LogP contribution in [0, 0.1) is 12.7 Å². The van der Waals surface area contributed by atoms with Crippen LogP contribution in [0.3, 0.4) is 0 Å². The Hall–Kier alpha value is -2.98. The van der Waals surface area contributed by atoms with Crippen LogP contribution in [0.25, 0.3) is 0 Å². The Morgan fingerprint density at radius 2 is 1.90 bits per heavy atom. The van der Waals surface area contributed by atoms with Gasteiger partial charge < -0.3 is 9.84 Å². The molecule has 0 atom stereocenters. The number of nitrogens with zero attached hydrogens (tertiary/aromatic N) is 3. The Bertz CT molecular complexity index is 1130. The summed E-state index contributed by atoms with van der Waals surface area (Å²) in [6.07, 6.45) is 1.21. The summed E-state index contributed by atoms with van der Waals surface area (Å²) in [5.74, 6) is -1.01. The number of hydrogen-bond donors (Lipinski definition) is 2. The first-order valence-electron chi connectivity index (χ1n) is 9.78. The minimum absolute atomic E-state index is 0.0518. The number of pyridine rings is 1. The Morgan fingerprint density at radius 3 is 2.55 bits per heavy atom. The van der Waals surface area contributed by atoms with Gasteiger partial charge in [-0.1, -0.05) is 29.4 Å². The molecule has 0 amide bonds. The fourth-order valence-electron chi connectivity index (χ4n) is 2.90. The van der Waals surface area contributed by atoms with Crippen molar-refractivity contribution in [3.63, 3.8) is 0 Å². The van der Waals surface area contributed by atoms with Crippen molar-refractivity contribution in [1.29, 1.82) is 0 Å². The van der Waals surface area contributed by atoms with E-state index in [9.17, 15) is 12.8 Å². The first-order valence-corrected chi connectivity index (χ1v) is 11.3. The van der Waals surface area contributed by atoms with E-state index in [4.69, 9.17) is 0 Å². The van der Waals surface area contributed by atoms with Gasteiger partial charge >= 0.3 is 0 Å². The van der Waals surface area contributed by atoms with Crippen LogP contribution in [0.2, 0.25) is 0 Å². The number of halogens is 1. The van der Waals surface area contributed by atoms with Gasteiger partial charge in [0, 0.05) is 31.3 Å². The lowest BCUT2D eigenvalue weighted by atomic mass is 10.1. The van der Waals surface area contributed by atoms with E-state index >= 15 is 0 Å². The largest absolute Gasteiger partial charge is 0.379 e. The topological polar surface area (TPSA) is 100 Å². The molecule has 3 rings (SSSR count). The van der Waals surface area contributed by atoms with E-state index in [2.05, 4.69) is 56.6 Å². The van der Waals surface area contributed by atoms with Gasteiger partial charge in [-0.25, -0.2) is 9.37 Å². The molecule has 2 aromatic heterocycles. The quantitative estimate of drug-likeness (QED) is 0.515. The molecule has 31 heavy (non-hydrogen) atoms. The van der Waals surface area contributed by atoms with Gasteiger partial charge in [-0.2, -0.15) is 8.42 Å². The van der Waals surface area contributed by atoms with E-state index in [1.54, 1.807) is 6.92 Å². The second-order valence-electron chi connectivity index (χ2n) is 7.53. The zero-order valence-electron chi connectivity index (χ0n) is 17.9. The Morgan fingerprint density at radius 1 is 1.19 bits per heavy atom. The van der Waals surface area contributed by atoms with E-state index in [0.717, 1.165) is 23.7 Å². The smallest absolute Gasteiger partial charge is 0.283 e. The summed E-state index contributed by atoms with van der Waals surface area (Å²) in [5.41, 5.74) is 3.01. The second-order valence-corrected chi connectivity index (χ2v) is 9.13. The highest BCUT2D eigenvalue weighted by molar-refractivity contribution is 7.92. The summed E-state index contributed by atoms with van der Waals surface area (Å²) >= 11 is 0. The van der Waals surface area contributed by atoms with Crippen LogP contribution in [0.5, 0.6) is 0 Å². The predicted molar refractivity (Wildman–Crippen MR) is 117 cm³/mol. The molecule has 1 aromatic carbocycles. The van der Waals surface area contributed by atoms with Crippen LogP contribution in [-0.4, -0.2) is 36.5 Å². The van der Waals surface area contributed by atoms with Crippen molar-refractivity contribution >= 4 is 21.5 Å². The first-order chi connectivity index (χ1) is 14.7. The molecular formula is C21H26FN5O3S. The molecule has 0 aliphatic rings. The van der Waals surface area contributed by atoms with Crippen molar-refractivity contribution in [2.75, 3.05) is 17.1 Å². The minimum Gasteiger partial charge on any atom is -0.379 e.